The van der Waals surface area contributed by atoms with Crippen molar-refractivity contribution in [3.05, 3.63) is 59.7 Å². The van der Waals surface area contributed by atoms with Crippen LogP contribution in [0.4, 0.5) is 0 Å². The number of pyridine rings is 1. The van der Waals surface area contributed by atoms with E-state index in [9.17, 15) is 4.79 Å². The molecule has 0 spiro atoms. The van der Waals surface area contributed by atoms with Gasteiger partial charge in [0.15, 0.2) is 11.9 Å². The Labute approximate surface area is 221 Å². The zero-order valence-corrected chi connectivity index (χ0v) is 21.6. The van der Waals surface area contributed by atoms with Gasteiger partial charge in [0.05, 0.1) is 19.9 Å². The van der Waals surface area contributed by atoms with Crippen LogP contribution >= 0.6 is 0 Å². The van der Waals surface area contributed by atoms with Crippen molar-refractivity contribution >= 4 is 16.9 Å². The van der Waals surface area contributed by atoms with Gasteiger partial charge < -0.3 is 19.1 Å². The number of ether oxygens (including phenoxy) is 3. The highest BCUT2D eigenvalue weighted by molar-refractivity contribution is 6.00. The van der Waals surface area contributed by atoms with E-state index in [4.69, 9.17) is 24.3 Å². The van der Waals surface area contributed by atoms with Crippen molar-refractivity contribution in [2.75, 3.05) is 20.8 Å². The monoisotopic (exact) mass is 510 g/mol. The third kappa shape index (κ3) is 3.91. The van der Waals surface area contributed by atoms with Crippen molar-refractivity contribution in [3.8, 4) is 34.0 Å². The lowest BCUT2D eigenvalue weighted by Gasteiger charge is -2.23. The summed E-state index contributed by atoms with van der Waals surface area (Å²) in [6, 6.07) is 16.4. The maximum absolute atomic E-state index is 12.9. The number of hydrogen-bond acceptors (Lipinski definition) is 6. The van der Waals surface area contributed by atoms with Crippen LogP contribution in [0.5, 0.6) is 11.5 Å². The average Bonchev–Trinajstić information content (AvgIpc) is 3.67. The fourth-order valence-corrected chi connectivity index (χ4v) is 5.64. The van der Waals surface area contributed by atoms with Crippen LogP contribution < -0.4 is 9.47 Å². The van der Waals surface area contributed by atoms with E-state index in [1.165, 1.54) is 0 Å². The van der Waals surface area contributed by atoms with Crippen LogP contribution in [-0.4, -0.2) is 52.4 Å². The van der Waals surface area contributed by atoms with Gasteiger partial charge in [-0.15, -0.1) is 0 Å². The van der Waals surface area contributed by atoms with Gasteiger partial charge in [0.25, 0.3) is 5.91 Å². The molecular weight excluding hydrogens is 480 g/mol. The van der Waals surface area contributed by atoms with E-state index in [-0.39, 0.29) is 12.1 Å². The molecule has 2 fully saturated rings. The third-order valence-electron chi connectivity index (χ3n) is 7.83. The molecule has 0 radical (unpaired) electrons. The van der Waals surface area contributed by atoms with Crippen LogP contribution in [-0.2, 0) is 11.3 Å². The minimum absolute atomic E-state index is 0.153. The smallest absolute Gasteiger partial charge is 0.254 e. The van der Waals surface area contributed by atoms with Gasteiger partial charge in [0.2, 0.25) is 0 Å². The fourth-order valence-electron chi connectivity index (χ4n) is 5.64. The van der Waals surface area contributed by atoms with Gasteiger partial charge in [-0.3, -0.25) is 4.79 Å². The molecule has 1 saturated carbocycles. The highest BCUT2D eigenvalue weighted by Crippen LogP contribution is 2.39. The number of amides is 1. The van der Waals surface area contributed by atoms with E-state index in [2.05, 4.69) is 12.1 Å². The van der Waals surface area contributed by atoms with Crippen LogP contribution in [0.25, 0.3) is 33.5 Å². The van der Waals surface area contributed by atoms with Crippen molar-refractivity contribution in [2.24, 2.45) is 0 Å². The number of nitrogens with zero attached hydrogens (tertiary/aromatic N) is 4. The molecular formula is C30H30N4O4. The van der Waals surface area contributed by atoms with Gasteiger partial charge in [-0.25, -0.2) is 9.67 Å². The molecule has 2 aliphatic heterocycles. The molecule has 1 amide bonds. The number of aromatic nitrogens is 3. The topological polar surface area (TPSA) is 78.7 Å². The number of methoxy groups -OCH3 is 2. The summed E-state index contributed by atoms with van der Waals surface area (Å²) in [4.78, 5) is 20.0. The lowest BCUT2D eigenvalue weighted by Crippen LogP contribution is -2.25. The minimum atomic E-state index is -0.163. The predicted octanol–water partition coefficient (Wildman–Crippen LogP) is 5.60. The third-order valence-corrected chi connectivity index (χ3v) is 7.83. The van der Waals surface area contributed by atoms with Gasteiger partial charge in [-0.05, 0) is 74.1 Å². The van der Waals surface area contributed by atoms with Crippen molar-refractivity contribution in [1.29, 1.82) is 0 Å². The summed E-state index contributed by atoms with van der Waals surface area (Å²) in [5.41, 5.74) is 6.22. The molecule has 194 valence electrons. The van der Waals surface area contributed by atoms with Crippen LogP contribution in [0.1, 0.15) is 54.3 Å². The summed E-state index contributed by atoms with van der Waals surface area (Å²) in [6.07, 6.45) is 5.09. The first-order valence-electron chi connectivity index (χ1n) is 13.3. The molecule has 2 aromatic heterocycles. The molecule has 38 heavy (non-hydrogen) atoms. The molecule has 0 N–H and O–H groups in total. The number of carbonyl (C=O) groups is 1. The van der Waals surface area contributed by atoms with Gasteiger partial charge in [-0.2, -0.15) is 5.10 Å². The van der Waals surface area contributed by atoms with Gasteiger partial charge in [0.1, 0.15) is 17.2 Å². The molecule has 1 atom stereocenters. The Bertz CT molecular complexity index is 1530. The van der Waals surface area contributed by atoms with Crippen molar-refractivity contribution < 1.29 is 19.0 Å². The summed E-state index contributed by atoms with van der Waals surface area (Å²) in [5, 5.41) is 6.04. The second-order valence-corrected chi connectivity index (χ2v) is 10.3. The largest absolute Gasteiger partial charge is 0.497 e. The van der Waals surface area contributed by atoms with Crippen LogP contribution in [0.3, 0.4) is 0 Å². The van der Waals surface area contributed by atoms with E-state index >= 15 is 0 Å². The van der Waals surface area contributed by atoms with E-state index in [0.29, 0.717) is 30.7 Å². The predicted molar refractivity (Wildman–Crippen MR) is 143 cm³/mol. The molecule has 8 heteroatoms. The number of fused-ring (bicyclic) bond motifs is 2. The molecule has 2 aromatic carbocycles. The first-order chi connectivity index (χ1) is 18.6. The Morgan fingerprint density at radius 1 is 0.921 bits per heavy atom. The minimum Gasteiger partial charge on any atom is -0.497 e. The summed E-state index contributed by atoms with van der Waals surface area (Å²) in [7, 11) is 3.29. The summed E-state index contributed by atoms with van der Waals surface area (Å²) in [6.45, 7) is 1.39. The second-order valence-electron chi connectivity index (χ2n) is 10.3. The summed E-state index contributed by atoms with van der Waals surface area (Å²) < 4.78 is 19.1. The zero-order valence-electron chi connectivity index (χ0n) is 21.6. The maximum atomic E-state index is 12.9. The number of carbonyl (C=O) groups excluding carboxylic acids is 1. The zero-order chi connectivity index (χ0) is 25.8. The first-order valence-corrected chi connectivity index (χ1v) is 13.3. The summed E-state index contributed by atoms with van der Waals surface area (Å²) in [5.74, 6) is 1.57. The van der Waals surface area contributed by atoms with E-state index in [1.807, 2.05) is 46.0 Å². The summed E-state index contributed by atoms with van der Waals surface area (Å²) >= 11 is 0. The van der Waals surface area contributed by atoms with E-state index in [0.717, 1.165) is 76.8 Å². The van der Waals surface area contributed by atoms with Crippen molar-refractivity contribution in [2.45, 2.75) is 50.9 Å². The molecule has 4 aromatic rings. The van der Waals surface area contributed by atoms with Crippen LogP contribution in [0, 0.1) is 0 Å². The highest BCUT2D eigenvalue weighted by atomic mass is 16.5. The van der Waals surface area contributed by atoms with Gasteiger partial charge in [-0.1, -0.05) is 6.07 Å². The molecule has 0 bridgehead atoms. The molecule has 1 saturated heterocycles. The van der Waals surface area contributed by atoms with E-state index in [1.54, 1.807) is 14.2 Å². The fraction of sp³-hybridized carbons (Fsp3) is 0.367. The lowest BCUT2D eigenvalue weighted by atomic mass is 10.0. The Kier molecular flexibility index (Phi) is 5.58. The SMILES string of the molecule is COc1cc(OC)cc(-c2ccc3c(-c4ccc5c(c4)CN(C4CC4)C5=O)nn(C4CCCCO4)c3n2)c1. The molecule has 4 heterocycles. The van der Waals surface area contributed by atoms with Gasteiger partial charge >= 0.3 is 0 Å². The molecule has 3 aliphatic rings. The van der Waals surface area contributed by atoms with Gasteiger partial charge in [0, 0.05) is 47.3 Å². The number of rotatable bonds is 6. The standard InChI is InChI=1S/C30H30N4O4/c1-36-22-14-19(15-23(16-22)37-2)26-11-10-25-28(32-34(29(25)31-26)27-5-3-4-12-38-27)18-6-9-24-20(13-18)17-33(30(24)35)21-7-8-21/h6,9-11,13-16,21,27H,3-5,7-8,12,17H2,1-2H3. The first kappa shape index (κ1) is 23.2. The normalized spacial score (nSPS) is 19.2. The van der Waals surface area contributed by atoms with Crippen molar-refractivity contribution in [3.63, 3.8) is 0 Å². The molecule has 8 nitrogen and oxygen atoms in total. The van der Waals surface area contributed by atoms with Crippen molar-refractivity contribution in [1.82, 2.24) is 19.7 Å². The maximum Gasteiger partial charge on any atom is 0.254 e. The Morgan fingerprint density at radius 2 is 1.74 bits per heavy atom. The van der Waals surface area contributed by atoms with E-state index < -0.39 is 0 Å². The lowest BCUT2D eigenvalue weighted by molar-refractivity contribution is -0.0368. The second kappa shape index (κ2) is 9.13. The van der Waals surface area contributed by atoms with Crippen LogP contribution in [0.15, 0.2) is 48.5 Å². The Hall–Kier alpha value is -3.91. The highest BCUT2D eigenvalue weighted by Gasteiger charge is 2.38. The number of hydrogen-bond donors (Lipinski definition) is 0. The molecule has 1 aliphatic carbocycles. The van der Waals surface area contributed by atoms with Crippen LogP contribution in [0.2, 0.25) is 0 Å². The Balaban J connectivity index is 1.34. The molecule has 7 rings (SSSR count). The number of benzene rings is 2. The quantitative estimate of drug-likeness (QED) is 0.336. The molecule has 1 unspecified atom stereocenters. The average molecular weight is 511 g/mol. The Morgan fingerprint density at radius 3 is 2.45 bits per heavy atom.